The zero-order valence-electron chi connectivity index (χ0n) is 11.3. The van der Waals surface area contributed by atoms with E-state index in [0.717, 1.165) is 10.2 Å². The predicted molar refractivity (Wildman–Crippen MR) is 77.6 cm³/mol. The van der Waals surface area contributed by atoms with Crippen molar-refractivity contribution in [3.05, 3.63) is 46.2 Å². The van der Waals surface area contributed by atoms with Gasteiger partial charge in [-0.15, -0.1) is 0 Å². The van der Waals surface area contributed by atoms with E-state index in [4.69, 9.17) is 9.47 Å². The quantitative estimate of drug-likeness (QED) is 0.786. The Labute approximate surface area is 125 Å². The van der Waals surface area contributed by atoms with Crippen LogP contribution in [-0.4, -0.2) is 22.4 Å². The van der Waals surface area contributed by atoms with Crippen LogP contribution >= 0.6 is 15.9 Å². The topological polar surface area (TPSA) is 53.3 Å². The Morgan fingerprint density at radius 3 is 2.70 bits per heavy atom. The average Bonchev–Trinajstić information content (AvgIpc) is 2.80. The normalized spacial score (nSPS) is 10.3. The molecule has 0 aliphatic heterocycles. The molecule has 0 radical (unpaired) electrons. The first-order valence-electron chi connectivity index (χ1n) is 6.18. The van der Waals surface area contributed by atoms with E-state index in [1.165, 1.54) is 6.20 Å². The van der Waals surface area contributed by atoms with Crippen molar-refractivity contribution in [3.63, 3.8) is 0 Å². The zero-order valence-corrected chi connectivity index (χ0v) is 12.9. The number of esters is 1. The summed E-state index contributed by atoms with van der Waals surface area (Å²) < 4.78 is 13.3. The summed E-state index contributed by atoms with van der Waals surface area (Å²) in [6.45, 7) is 2.36. The molecule has 0 fully saturated rings. The largest absolute Gasteiger partial charge is 0.487 e. The Kier molecular flexibility index (Phi) is 4.79. The second kappa shape index (κ2) is 6.56. The molecule has 1 aromatic carbocycles. The van der Waals surface area contributed by atoms with Crippen LogP contribution in [0.3, 0.4) is 0 Å². The molecule has 5 nitrogen and oxygen atoms in total. The molecule has 0 spiro atoms. The fourth-order valence-corrected chi connectivity index (χ4v) is 1.96. The molecular formula is C14H15BrN2O3. The number of carbonyl (C=O) groups is 1. The number of halogens is 1. The van der Waals surface area contributed by atoms with Crippen LogP contribution in [0.2, 0.25) is 0 Å². The third-order valence-electron chi connectivity index (χ3n) is 2.75. The number of benzene rings is 1. The van der Waals surface area contributed by atoms with Gasteiger partial charge in [0.15, 0.2) is 0 Å². The van der Waals surface area contributed by atoms with E-state index < -0.39 is 0 Å². The van der Waals surface area contributed by atoms with Crippen molar-refractivity contribution < 1.29 is 14.3 Å². The van der Waals surface area contributed by atoms with Crippen LogP contribution in [0, 0.1) is 0 Å². The van der Waals surface area contributed by atoms with E-state index >= 15 is 0 Å². The van der Waals surface area contributed by atoms with Crippen molar-refractivity contribution in [1.29, 1.82) is 0 Å². The smallest absolute Gasteiger partial charge is 0.341 e. The predicted octanol–water partition coefficient (Wildman–Crippen LogP) is 2.94. The van der Waals surface area contributed by atoms with Gasteiger partial charge < -0.3 is 9.47 Å². The Morgan fingerprint density at radius 1 is 1.35 bits per heavy atom. The molecule has 0 bridgehead atoms. The fraction of sp³-hybridized carbons (Fsp3) is 0.286. The van der Waals surface area contributed by atoms with Crippen LogP contribution in [-0.2, 0) is 18.4 Å². The van der Waals surface area contributed by atoms with E-state index in [0.29, 0.717) is 17.9 Å². The SMILES string of the molecule is CCOC(=O)c1cnn(C)c1COc1ccc(Br)cc1. The second-order valence-electron chi connectivity index (χ2n) is 4.09. The van der Waals surface area contributed by atoms with E-state index in [1.54, 1.807) is 18.7 Å². The third-order valence-corrected chi connectivity index (χ3v) is 3.27. The van der Waals surface area contributed by atoms with Gasteiger partial charge in [-0.05, 0) is 31.2 Å². The molecule has 20 heavy (non-hydrogen) atoms. The first-order valence-corrected chi connectivity index (χ1v) is 6.97. The van der Waals surface area contributed by atoms with Gasteiger partial charge in [-0.1, -0.05) is 15.9 Å². The second-order valence-corrected chi connectivity index (χ2v) is 5.01. The van der Waals surface area contributed by atoms with Crippen LogP contribution in [0.5, 0.6) is 5.75 Å². The number of aromatic nitrogens is 2. The lowest BCUT2D eigenvalue weighted by atomic mass is 10.2. The van der Waals surface area contributed by atoms with Gasteiger partial charge in [-0.3, -0.25) is 4.68 Å². The number of nitrogens with zero attached hydrogens (tertiary/aromatic N) is 2. The lowest BCUT2D eigenvalue weighted by Gasteiger charge is -2.08. The summed E-state index contributed by atoms with van der Waals surface area (Å²) in [5.41, 5.74) is 1.12. The van der Waals surface area contributed by atoms with Gasteiger partial charge in [0.2, 0.25) is 0 Å². The molecule has 0 saturated heterocycles. The molecule has 106 valence electrons. The summed E-state index contributed by atoms with van der Waals surface area (Å²) in [4.78, 5) is 11.8. The molecule has 0 saturated carbocycles. The standard InChI is InChI=1S/C14H15BrN2O3/c1-3-19-14(18)12-8-16-17(2)13(12)9-20-11-6-4-10(15)5-7-11/h4-8H,3,9H2,1-2H3. The highest BCUT2D eigenvalue weighted by Gasteiger charge is 2.17. The van der Waals surface area contributed by atoms with Gasteiger partial charge >= 0.3 is 5.97 Å². The maximum atomic E-state index is 11.8. The Morgan fingerprint density at radius 2 is 2.05 bits per heavy atom. The van der Waals surface area contributed by atoms with Crippen LogP contribution in [0.1, 0.15) is 23.0 Å². The van der Waals surface area contributed by atoms with Crippen molar-refractivity contribution in [3.8, 4) is 5.75 Å². The summed E-state index contributed by atoms with van der Waals surface area (Å²) in [5.74, 6) is 0.346. The highest BCUT2D eigenvalue weighted by Crippen LogP contribution is 2.18. The van der Waals surface area contributed by atoms with Gasteiger partial charge in [0.1, 0.15) is 17.9 Å². The number of carbonyl (C=O) groups excluding carboxylic acids is 1. The molecule has 0 aliphatic carbocycles. The lowest BCUT2D eigenvalue weighted by Crippen LogP contribution is -2.11. The van der Waals surface area contributed by atoms with Crippen LogP contribution in [0.25, 0.3) is 0 Å². The summed E-state index contributed by atoms with van der Waals surface area (Å²) >= 11 is 3.36. The molecular weight excluding hydrogens is 324 g/mol. The molecule has 1 aromatic heterocycles. The maximum Gasteiger partial charge on any atom is 0.341 e. The van der Waals surface area contributed by atoms with Gasteiger partial charge in [-0.2, -0.15) is 5.10 Å². The number of rotatable bonds is 5. The van der Waals surface area contributed by atoms with Gasteiger partial charge in [0.05, 0.1) is 18.5 Å². The van der Waals surface area contributed by atoms with Crippen molar-refractivity contribution in [2.24, 2.45) is 7.05 Å². The number of aryl methyl sites for hydroxylation is 1. The molecule has 0 aliphatic rings. The average molecular weight is 339 g/mol. The van der Waals surface area contributed by atoms with Crippen molar-refractivity contribution in [2.45, 2.75) is 13.5 Å². The molecule has 1 heterocycles. The Hall–Kier alpha value is -1.82. The zero-order chi connectivity index (χ0) is 14.5. The number of hydrogen-bond acceptors (Lipinski definition) is 4. The van der Waals surface area contributed by atoms with E-state index in [-0.39, 0.29) is 12.6 Å². The van der Waals surface area contributed by atoms with Crippen LogP contribution in [0.4, 0.5) is 0 Å². The maximum absolute atomic E-state index is 11.8. The van der Waals surface area contributed by atoms with E-state index in [1.807, 2.05) is 24.3 Å². The monoisotopic (exact) mass is 338 g/mol. The van der Waals surface area contributed by atoms with Crippen LogP contribution < -0.4 is 4.74 Å². The Bertz CT molecular complexity index is 593. The highest BCUT2D eigenvalue weighted by atomic mass is 79.9. The minimum atomic E-state index is -0.380. The lowest BCUT2D eigenvalue weighted by molar-refractivity contribution is 0.0523. The molecule has 6 heteroatoms. The van der Waals surface area contributed by atoms with Gasteiger partial charge in [0, 0.05) is 11.5 Å². The minimum absolute atomic E-state index is 0.256. The van der Waals surface area contributed by atoms with Gasteiger partial charge in [0.25, 0.3) is 0 Å². The molecule has 0 unspecified atom stereocenters. The van der Waals surface area contributed by atoms with E-state index in [2.05, 4.69) is 21.0 Å². The third kappa shape index (κ3) is 3.39. The molecule has 0 atom stereocenters. The summed E-state index contributed by atoms with van der Waals surface area (Å²) in [7, 11) is 1.77. The van der Waals surface area contributed by atoms with Crippen molar-refractivity contribution in [2.75, 3.05) is 6.61 Å². The first-order chi connectivity index (χ1) is 9.61. The minimum Gasteiger partial charge on any atom is -0.487 e. The summed E-state index contributed by atoms with van der Waals surface area (Å²) in [6.07, 6.45) is 1.50. The molecule has 0 N–H and O–H groups in total. The van der Waals surface area contributed by atoms with Crippen LogP contribution in [0.15, 0.2) is 34.9 Å². The summed E-state index contributed by atoms with van der Waals surface area (Å²) in [6, 6.07) is 7.49. The van der Waals surface area contributed by atoms with Crippen molar-refractivity contribution >= 4 is 21.9 Å². The Balaban J connectivity index is 2.11. The summed E-state index contributed by atoms with van der Waals surface area (Å²) in [5, 5.41) is 4.07. The molecule has 0 amide bonds. The number of ether oxygens (including phenoxy) is 2. The highest BCUT2D eigenvalue weighted by molar-refractivity contribution is 9.10. The molecule has 2 aromatic rings. The van der Waals surface area contributed by atoms with Crippen molar-refractivity contribution in [1.82, 2.24) is 9.78 Å². The number of hydrogen-bond donors (Lipinski definition) is 0. The molecule has 2 rings (SSSR count). The first kappa shape index (κ1) is 14.6. The fourth-order valence-electron chi connectivity index (χ4n) is 1.70. The van der Waals surface area contributed by atoms with E-state index in [9.17, 15) is 4.79 Å². The van der Waals surface area contributed by atoms with Gasteiger partial charge in [-0.25, -0.2) is 4.79 Å².